The highest BCUT2D eigenvalue weighted by molar-refractivity contribution is 6.04. The second-order valence-electron chi connectivity index (χ2n) is 6.44. The van der Waals surface area contributed by atoms with Crippen molar-refractivity contribution < 1.29 is 9.53 Å². The highest BCUT2D eigenvalue weighted by atomic mass is 16.5. The minimum Gasteiger partial charge on any atom is -0.497 e. The summed E-state index contributed by atoms with van der Waals surface area (Å²) < 4.78 is 5.14. The van der Waals surface area contributed by atoms with Gasteiger partial charge in [0.05, 0.1) is 12.8 Å². The summed E-state index contributed by atoms with van der Waals surface area (Å²) >= 11 is 0. The maximum Gasteiger partial charge on any atom is 0.346 e. The van der Waals surface area contributed by atoms with Crippen molar-refractivity contribution in [1.82, 2.24) is 9.97 Å². The second-order valence-corrected chi connectivity index (χ2v) is 6.44. The zero-order valence-electron chi connectivity index (χ0n) is 15.7. The molecule has 0 unspecified atom stereocenters. The van der Waals surface area contributed by atoms with Crippen LogP contribution in [0.15, 0.2) is 47.3 Å². The Labute approximate surface area is 157 Å². The normalized spacial score (nSPS) is 10.5. The Balaban J connectivity index is 1.94. The summed E-state index contributed by atoms with van der Waals surface area (Å²) in [5, 5.41) is 2.89. The van der Waals surface area contributed by atoms with Crippen molar-refractivity contribution in [3.05, 3.63) is 75.3 Å². The van der Waals surface area contributed by atoms with E-state index in [0.29, 0.717) is 11.4 Å². The molecular formula is C21H21N3O3. The Morgan fingerprint density at radius 1 is 1.04 bits per heavy atom. The van der Waals surface area contributed by atoms with Gasteiger partial charge >= 0.3 is 5.69 Å². The molecular weight excluding hydrogens is 342 g/mol. The smallest absolute Gasteiger partial charge is 0.346 e. The molecule has 0 radical (unpaired) electrons. The highest BCUT2D eigenvalue weighted by Crippen LogP contribution is 2.23. The number of hydrogen-bond donors (Lipinski definition) is 2. The number of aromatic amines is 1. The monoisotopic (exact) mass is 363 g/mol. The molecule has 0 saturated heterocycles. The summed E-state index contributed by atoms with van der Waals surface area (Å²) in [5.74, 6) is 0.311. The van der Waals surface area contributed by atoms with Crippen molar-refractivity contribution in [2.24, 2.45) is 0 Å². The van der Waals surface area contributed by atoms with Gasteiger partial charge in [-0.2, -0.15) is 4.98 Å². The molecule has 6 heteroatoms. The van der Waals surface area contributed by atoms with Crippen LogP contribution in [-0.4, -0.2) is 23.0 Å². The van der Waals surface area contributed by atoms with Crippen LogP contribution in [-0.2, 0) is 0 Å². The number of aromatic nitrogens is 2. The van der Waals surface area contributed by atoms with Crippen LogP contribution in [0.2, 0.25) is 0 Å². The van der Waals surface area contributed by atoms with Crippen LogP contribution in [0.1, 0.15) is 27.2 Å². The number of carbonyl (C=O) groups excluding carboxylic acids is 1. The van der Waals surface area contributed by atoms with E-state index in [9.17, 15) is 9.59 Å². The van der Waals surface area contributed by atoms with Gasteiger partial charge in [-0.1, -0.05) is 17.7 Å². The van der Waals surface area contributed by atoms with E-state index in [1.165, 1.54) is 0 Å². The number of nitrogens with one attached hydrogen (secondary N) is 2. The van der Waals surface area contributed by atoms with Gasteiger partial charge in [-0.15, -0.1) is 0 Å². The van der Waals surface area contributed by atoms with E-state index in [-0.39, 0.29) is 11.6 Å². The fourth-order valence-corrected chi connectivity index (χ4v) is 3.05. The number of carbonyl (C=O) groups is 1. The Hall–Kier alpha value is -3.41. The van der Waals surface area contributed by atoms with Gasteiger partial charge in [-0.05, 0) is 62.2 Å². The number of nitrogens with zero attached hydrogens (tertiary/aromatic N) is 1. The summed E-state index contributed by atoms with van der Waals surface area (Å²) in [6.45, 7) is 5.88. The molecule has 0 bridgehead atoms. The average Bonchev–Trinajstić information content (AvgIpc) is 2.64. The number of aryl methyl sites for hydroxylation is 3. The minimum atomic E-state index is -0.578. The molecule has 138 valence electrons. The Bertz CT molecular complexity index is 1030. The van der Waals surface area contributed by atoms with Gasteiger partial charge in [0.15, 0.2) is 0 Å². The van der Waals surface area contributed by atoms with Gasteiger partial charge in [0.1, 0.15) is 11.4 Å². The molecule has 0 atom stereocenters. The fraction of sp³-hybridized carbons (Fsp3) is 0.190. The summed E-state index contributed by atoms with van der Waals surface area (Å²) in [4.78, 5) is 31.2. The van der Waals surface area contributed by atoms with Crippen LogP contribution in [0.4, 0.5) is 5.69 Å². The molecule has 27 heavy (non-hydrogen) atoms. The van der Waals surface area contributed by atoms with Crippen LogP contribution in [0.25, 0.3) is 11.3 Å². The molecule has 2 N–H and O–H groups in total. The van der Waals surface area contributed by atoms with Gasteiger partial charge in [-0.3, -0.25) is 4.79 Å². The van der Waals surface area contributed by atoms with Crippen LogP contribution in [0, 0.1) is 20.8 Å². The first kappa shape index (κ1) is 18.4. The SMILES string of the molecule is COc1ccc(-c2cc(C(=O)Nc3c(C)cc(C)cc3C)[nH]c(=O)n2)cc1. The Morgan fingerprint density at radius 2 is 1.67 bits per heavy atom. The lowest BCUT2D eigenvalue weighted by molar-refractivity contribution is 0.102. The fourth-order valence-electron chi connectivity index (χ4n) is 3.05. The number of benzene rings is 2. The first-order chi connectivity index (χ1) is 12.9. The third-order valence-electron chi connectivity index (χ3n) is 4.29. The zero-order valence-corrected chi connectivity index (χ0v) is 15.7. The maximum atomic E-state index is 12.7. The first-order valence-electron chi connectivity index (χ1n) is 8.52. The molecule has 0 spiro atoms. The Morgan fingerprint density at radius 3 is 2.26 bits per heavy atom. The van der Waals surface area contributed by atoms with Crippen LogP contribution >= 0.6 is 0 Å². The summed E-state index contributed by atoms with van der Waals surface area (Å²) in [5.41, 5.74) is 4.52. The lowest BCUT2D eigenvalue weighted by Gasteiger charge is -2.13. The highest BCUT2D eigenvalue weighted by Gasteiger charge is 2.13. The molecule has 0 saturated carbocycles. The molecule has 1 heterocycles. The quantitative estimate of drug-likeness (QED) is 0.741. The second kappa shape index (κ2) is 7.45. The molecule has 6 nitrogen and oxygen atoms in total. The number of ether oxygens (including phenoxy) is 1. The van der Waals surface area contributed by atoms with E-state index in [4.69, 9.17) is 4.74 Å². The average molecular weight is 363 g/mol. The number of hydrogen-bond acceptors (Lipinski definition) is 4. The van der Waals surface area contributed by atoms with Gasteiger partial charge in [-0.25, -0.2) is 4.79 Å². The third kappa shape index (κ3) is 4.06. The molecule has 1 aromatic heterocycles. The largest absolute Gasteiger partial charge is 0.497 e. The van der Waals surface area contributed by atoms with E-state index in [0.717, 1.165) is 27.9 Å². The number of rotatable bonds is 4. The van der Waals surface area contributed by atoms with E-state index < -0.39 is 5.69 Å². The molecule has 0 aliphatic rings. The minimum absolute atomic E-state index is 0.153. The van der Waals surface area contributed by atoms with Crippen molar-refractivity contribution in [3.63, 3.8) is 0 Å². The van der Waals surface area contributed by atoms with Gasteiger partial charge in [0, 0.05) is 11.3 Å². The van der Waals surface area contributed by atoms with Crippen molar-refractivity contribution in [1.29, 1.82) is 0 Å². The molecule has 0 aliphatic carbocycles. The summed E-state index contributed by atoms with van der Waals surface area (Å²) in [6, 6.07) is 12.7. The van der Waals surface area contributed by atoms with Crippen LogP contribution in [0.3, 0.4) is 0 Å². The van der Waals surface area contributed by atoms with Crippen molar-refractivity contribution >= 4 is 11.6 Å². The Kier molecular flexibility index (Phi) is 5.07. The molecule has 3 aromatic rings. The van der Waals surface area contributed by atoms with Crippen LogP contribution in [0.5, 0.6) is 5.75 Å². The lowest BCUT2D eigenvalue weighted by Crippen LogP contribution is -2.21. The lowest BCUT2D eigenvalue weighted by atomic mass is 10.0. The van der Waals surface area contributed by atoms with Crippen molar-refractivity contribution in [2.75, 3.05) is 12.4 Å². The van der Waals surface area contributed by atoms with Gasteiger partial charge < -0.3 is 15.0 Å². The van der Waals surface area contributed by atoms with Crippen LogP contribution < -0.4 is 15.7 Å². The predicted octanol–water partition coefficient (Wildman–Crippen LogP) is 3.62. The number of H-pyrrole nitrogens is 1. The molecule has 1 amide bonds. The molecule has 3 rings (SSSR count). The predicted molar refractivity (Wildman–Crippen MR) is 105 cm³/mol. The zero-order chi connectivity index (χ0) is 19.6. The first-order valence-corrected chi connectivity index (χ1v) is 8.52. The summed E-state index contributed by atoms with van der Waals surface area (Å²) in [6.07, 6.45) is 0. The third-order valence-corrected chi connectivity index (χ3v) is 4.29. The van der Waals surface area contributed by atoms with E-state index >= 15 is 0 Å². The van der Waals surface area contributed by atoms with Crippen molar-refractivity contribution in [2.45, 2.75) is 20.8 Å². The molecule has 2 aromatic carbocycles. The van der Waals surface area contributed by atoms with E-state index in [2.05, 4.69) is 15.3 Å². The van der Waals surface area contributed by atoms with E-state index in [1.807, 2.05) is 32.9 Å². The van der Waals surface area contributed by atoms with Crippen molar-refractivity contribution in [3.8, 4) is 17.0 Å². The van der Waals surface area contributed by atoms with Gasteiger partial charge in [0.25, 0.3) is 5.91 Å². The van der Waals surface area contributed by atoms with E-state index in [1.54, 1.807) is 37.4 Å². The standard InChI is InChI=1S/C21H21N3O3/c1-12-9-13(2)19(14(3)10-12)24-20(25)18-11-17(22-21(26)23-18)15-5-7-16(27-4)8-6-15/h5-11H,1-4H3,(H,24,25)(H,22,23,26). The number of amides is 1. The topological polar surface area (TPSA) is 84.1 Å². The number of methoxy groups -OCH3 is 1. The molecule has 0 aliphatic heterocycles. The van der Waals surface area contributed by atoms with Gasteiger partial charge in [0.2, 0.25) is 0 Å². The maximum absolute atomic E-state index is 12.7. The summed E-state index contributed by atoms with van der Waals surface area (Å²) in [7, 11) is 1.58. The molecule has 0 fully saturated rings. The number of anilines is 1.